The molecule has 1 fully saturated rings. The predicted molar refractivity (Wildman–Crippen MR) is 104 cm³/mol. The van der Waals surface area contributed by atoms with Crippen LogP contribution in [-0.4, -0.2) is 17.4 Å². The van der Waals surface area contributed by atoms with Gasteiger partial charge in [-0.3, -0.25) is 4.79 Å². The van der Waals surface area contributed by atoms with Crippen LogP contribution in [0.4, 0.5) is 5.69 Å². The molecule has 1 amide bonds. The Morgan fingerprint density at radius 2 is 1.92 bits per heavy atom. The van der Waals surface area contributed by atoms with E-state index in [4.69, 9.17) is 10.5 Å². The van der Waals surface area contributed by atoms with Crippen LogP contribution in [0, 0.1) is 11.8 Å². The zero-order chi connectivity index (χ0) is 16.1. The van der Waals surface area contributed by atoms with Crippen molar-refractivity contribution < 1.29 is 9.53 Å². The van der Waals surface area contributed by atoms with E-state index >= 15 is 0 Å². The van der Waals surface area contributed by atoms with Crippen molar-refractivity contribution in [2.24, 2.45) is 17.6 Å². The van der Waals surface area contributed by atoms with Gasteiger partial charge < -0.3 is 15.8 Å². The SMILES string of the molecule is Cl.Cl.NC[C@H]1CCC[C@H]1C(=O)Nc1ccc(Oc2ccccc2)nc1. The van der Waals surface area contributed by atoms with Crippen LogP contribution in [0.2, 0.25) is 0 Å². The summed E-state index contributed by atoms with van der Waals surface area (Å²) in [7, 11) is 0. The number of benzene rings is 1. The van der Waals surface area contributed by atoms with Crippen LogP contribution in [-0.2, 0) is 4.79 Å². The van der Waals surface area contributed by atoms with Gasteiger partial charge in [0.25, 0.3) is 0 Å². The first-order chi connectivity index (χ1) is 11.3. The third-order valence-electron chi connectivity index (χ3n) is 4.27. The number of hydrogen-bond acceptors (Lipinski definition) is 4. The molecule has 0 saturated heterocycles. The van der Waals surface area contributed by atoms with E-state index in [0.717, 1.165) is 25.0 Å². The molecule has 25 heavy (non-hydrogen) atoms. The molecule has 0 bridgehead atoms. The standard InChI is InChI=1S/C18H21N3O2.2ClH/c19-11-13-5-4-8-16(13)18(22)21-14-9-10-17(20-12-14)23-15-6-2-1-3-7-15;;/h1-3,6-7,9-10,12-13,16H,4-5,8,11,19H2,(H,21,22);2*1H/t13-,16-;;/m1../s1. The fraction of sp³-hybridized carbons (Fsp3) is 0.333. The Morgan fingerprint density at radius 1 is 1.16 bits per heavy atom. The van der Waals surface area contributed by atoms with Crippen molar-refractivity contribution in [1.82, 2.24) is 4.98 Å². The number of nitrogens with one attached hydrogen (secondary N) is 1. The fourth-order valence-corrected chi connectivity index (χ4v) is 3.02. The van der Waals surface area contributed by atoms with Crippen LogP contribution in [0.5, 0.6) is 11.6 Å². The van der Waals surface area contributed by atoms with Crippen molar-refractivity contribution in [2.75, 3.05) is 11.9 Å². The fourth-order valence-electron chi connectivity index (χ4n) is 3.02. The van der Waals surface area contributed by atoms with Crippen LogP contribution in [0.3, 0.4) is 0 Å². The molecule has 1 saturated carbocycles. The maximum Gasteiger partial charge on any atom is 0.227 e. The Bertz CT molecular complexity index is 653. The number of nitrogens with zero attached hydrogens (tertiary/aromatic N) is 1. The van der Waals surface area contributed by atoms with Gasteiger partial charge in [0, 0.05) is 12.0 Å². The Kier molecular flexibility index (Phi) is 8.69. The highest BCUT2D eigenvalue weighted by Crippen LogP contribution is 2.32. The largest absolute Gasteiger partial charge is 0.439 e. The number of pyridine rings is 1. The summed E-state index contributed by atoms with van der Waals surface area (Å²) < 4.78 is 5.63. The third kappa shape index (κ3) is 5.59. The molecular formula is C18H23Cl2N3O2. The number of carbonyl (C=O) groups is 1. The van der Waals surface area contributed by atoms with E-state index in [1.54, 1.807) is 18.3 Å². The van der Waals surface area contributed by atoms with Gasteiger partial charge in [0.1, 0.15) is 5.75 Å². The van der Waals surface area contributed by atoms with Crippen LogP contribution < -0.4 is 15.8 Å². The predicted octanol–water partition coefficient (Wildman–Crippen LogP) is 4.03. The summed E-state index contributed by atoms with van der Waals surface area (Å²) in [5, 5.41) is 2.93. The first-order valence-corrected chi connectivity index (χ1v) is 7.96. The second-order valence-electron chi connectivity index (χ2n) is 5.82. The lowest BCUT2D eigenvalue weighted by Crippen LogP contribution is -2.29. The summed E-state index contributed by atoms with van der Waals surface area (Å²) in [6.45, 7) is 0.570. The molecule has 2 atom stereocenters. The van der Waals surface area contributed by atoms with Crippen molar-refractivity contribution in [3.8, 4) is 11.6 Å². The Labute approximate surface area is 160 Å². The average Bonchev–Trinajstić information content (AvgIpc) is 3.06. The lowest BCUT2D eigenvalue weighted by Gasteiger charge is -2.17. The second-order valence-corrected chi connectivity index (χ2v) is 5.82. The van der Waals surface area contributed by atoms with Crippen molar-refractivity contribution in [1.29, 1.82) is 0 Å². The Hall–Kier alpha value is -1.82. The highest BCUT2D eigenvalue weighted by Gasteiger charge is 2.31. The topological polar surface area (TPSA) is 77.2 Å². The molecule has 0 unspecified atom stereocenters. The van der Waals surface area contributed by atoms with E-state index in [1.807, 2.05) is 30.3 Å². The number of rotatable bonds is 5. The van der Waals surface area contributed by atoms with Gasteiger partial charge in [-0.05, 0) is 43.5 Å². The van der Waals surface area contributed by atoms with Gasteiger partial charge in [0.15, 0.2) is 0 Å². The Morgan fingerprint density at radius 3 is 2.56 bits per heavy atom. The summed E-state index contributed by atoms with van der Waals surface area (Å²) in [5.74, 6) is 1.57. The monoisotopic (exact) mass is 383 g/mol. The molecule has 1 aromatic heterocycles. The molecule has 7 heteroatoms. The molecular weight excluding hydrogens is 361 g/mol. The molecule has 1 aromatic carbocycles. The van der Waals surface area contributed by atoms with E-state index in [0.29, 0.717) is 24.0 Å². The molecule has 5 nitrogen and oxygen atoms in total. The first kappa shape index (κ1) is 21.2. The molecule has 1 aliphatic rings. The number of amides is 1. The van der Waals surface area contributed by atoms with E-state index in [2.05, 4.69) is 10.3 Å². The average molecular weight is 384 g/mol. The number of aromatic nitrogens is 1. The zero-order valence-electron chi connectivity index (χ0n) is 13.8. The molecule has 1 aliphatic carbocycles. The molecule has 1 heterocycles. The summed E-state index contributed by atoms with van der Waals surface area (Å²) in [6, 6.07) is 13.0. The van der Waals surface area contributed by atoms with Gasteiger partial charge in [-0.1, -0.05) is 24.6 Å². The smallest absolute Gasteiger partial charge is 0.227 e. The quantitative estimate of drug-likeness (QED) is 0.816. The minimum absolute atomic E-state index is 0. The maximum atomic E-state index is 12.3. The third-order valence-corrected chi connectivity index (χ3v) is 4.27. The summed E-state index contributed by atoms with van der Waals surface area (Å²) in [5.41, 5.74) is 6.42. The van der Waals surface area contributed by atoms with Crippen LogP contribution >= 0.6 is 24.8 Å². The maximum absolute atomic E-state index is 12.3. The van der Waals surface area contributed by atoms with Crippen LogP contribution in [0.25, 0.3) is 0 Å². The normalized spacial score (nSPS) is 18.6. The molecule has 3 N–H and O–H groups in total. The Balaban J connectivity index is 0.00000156. The highest BCUT2D eigenvalue weighted by molar-refractivity contribution is 5.92. The van der Waals surface area contributed by atoms with Gasteiger partial charge in [0.2, 0.25) is 11.8 Å². The van der Waals surface area contributed by atoms with Crippen molar-refractivity contribution in [2.45, 2.75) is 19.3 Å². The zero-order valence-corrected chi connectivity index (χ0v) is 15.4. The molecule has 0 aliphatic heterocycles. The van der Waals surface area contributed by atoms with E-state index in [-0.39, 0.29) is 36.6 Å². The van der Waals surface area contributed by atoms with Gasteiger partial charge in [0.05, 0.1) is 11.9 Å². The second kappa shape index (κ2) is 10.2. The molecule has 0 radical (unpaired) electrons. The van der Waals surface area contributed by atoms with Crippen LogP contribution in [0.1, 0.15) is 19.3 Å². The molecule has 3 rings (SSSR count). The summed E-state index contributed by atoms with van der Waals surface area (Å²) in [4.78, 5) is 16.6. The highest BCUT2D eigenvalue weighted by atomic mass is 35.5. The van der Waals surface area contributed by atoms with E-state index in [9.17, 15) is 4.79 Å². The van der Waals surface area contributed by atoms with Crippen LogP contribution in [0.15, 0.2) is 48.7 Å². The number of para-hydroxylation sites is 1. The van der Waals surface area contributed by atoms with Gasteiger partial charge >= 0.3 is 0 Å². The minimum Gasteiger partial charge on any atom is -0.439 e. The number of ether oxygens (including phenoxy) is 1. The van der Waals surface area contributed by atoms with E-state index < -0.39 is 0 Å². The molecule has 2 aromatic rings. The lowest BCUT2D eigenvalue weighted by molar-refractivity contribution is -0.120. The first-order valence-electron chi connectivity index (χ1n) is 7.96. The minimum atomic E-state index is 0. The molecule has 136 valence electrons. The summed E-state index contributed by atoms with van der Waals surface area (Å²) in [6.07, 6.45) is 4.64. The molecule has 0 spiro atoms. The number of anilines is 1. The van der Waals surface area contributed by atoms with Gasteiger partial charge in [-0.2, -0.15) is 0 Å². The van der Waals surface area contributed by atoms with Gasteiger partial charge in [-0.25, -0.2) is 4.98 Å². The van der Waals surface area contributed by atoms with E-state index in [1.165, 1.54) is 0 Å². The van der Waals surface area contributed by atoms with Crippen molar-refractivity contribution in [3.05, 3.63) is 48.7 Å². The number of nitrogens with two attached hydrogens (primary N) is 1. The number of carbonyl (C=O) groups excluding carboxylic acids is 1. The van der Waals surface area contributed by atoms with Crippen molar-refractivity contribution in [3.63, 3.8) is 0 Å². The summed E-state index contributed by atoms with van der Waals surface area (Å²) >= 11 is 0. The van der Waals surface area contributed by atoms with Gasteiger partial charge in [-0.15, -0.1) is 24.8 Å². The van der Waals surface area contributed by atoms with Crippen molar-refractivity contribution >= 4 is 36.4 Å². The number of hydrogen-bond donors (Lipinski definition) is 2. The lowest BCUT2D eigenvalue weighted by atomic mass is 9.95. The number of halogens is 2.